The molecule has 1 aliphatic heterocycles. The topological polar surface area (TPSA) is 82.0 Å². The Balaban J connectivity index is 1.78. The fourth-order valence-corrected chi connectivity index (χ4v) is 4.87. The van der Waals surface area contributed by atoms with Crippen molar-refractivity contribution in [3.05, 3.63) is 75.6 Å². The van der Waals surface area contributed by atoms with Crippen LogP contribution in [-0.2, 0) is 6.42 Å². The van der Waals surface area contributed by atoms with Gasteiger partial charge in [-0.3, -0.25) is 14.5 Å². The standard InChI is InChI=1S/C21H20N6OS/c1-11-5-6-15(10-23-11)19-18-12(2)13(3)29-21(18)27-14(4)25-26-20(27)16(24-19)9-17-22-7-8-28-17/h5-8,10,16H,9H2,1-4H3. The van der Waals surface area contributed by atoms with Gasteiger partial charge in [-0.2, -0.15) is 0 Å². The van der Waals surface area contributed by atoms with Gasteiger partial charge in [-0.05, 0) is 45.4 Å². The van der Waals surface area contributed by atoms with Crippen LogP contribution < -0.4 is 0 Å². The molecule has 4 aromatic heterocycles. The highest BCUT2D eigenvalue weighted by atomic mass is 32.1. The first-order valence-corrected chi connectivity index (χ1v) is 10.3. The molecular formula is C21H20N6OS. The van der Waals surface area contributed by atoms with E-state index in [9.17, 15) is 0 Å². The fourth-order valence-electron chi connectivity index (χ4n) is 3.65. The summed E-state index contributed by atoms with van der Waals surface area (Å²) in [6.45, 7) is 8.25. The van der Waals surface area contributed by atoms with E-state index in [0.29, 0.717) is 12.3 Å². The number of aliphatic imine (C=N–C) groups is 1. The van der Waals surface area contributed by atoms with Crippen LogP contribution in [0.3, 0.4) is 0 Å². The summed E-state index contributed by atoms with van der Waals surface area (Å²) >= 11 is 1.75. The Morgan fingerprint density at radius 1 is 1.10 bits per heavy atom. The molecule has 5 heterocycles. The SMILES string of the molecule is Cc1ccc(C2=NC(Cc3ncco3)c3nnc(C)n3-c3sc(C)c(C)c32)cn1. The maximum atomic E-state index is 5.51. The predicted octanol–water partition coefficient (Wildman–Crippen LogP) is 4.08. The van der Waals surface area contributed by atoms with E-state index in [1.807, 2.05) is 26.1 Å². The second-order valence-electron chi connectivity index (χ2n) is 7.22. The third kappa shape index (κ3) is 2.91. The van der Waals surface area contributed by atoms with Crippen molar-refractivity contribution >= 4 is 17.0 Å². The number of aryl methyl sites for hydroxylation is 3. The molecule has 0 aliphatic carbocycles. The number of nitrogens with zero attached hydrogens (tertiary/aromatic N) is 6. The van der Waals surface area contributed by atoms with Crippen LogP contribution in [0.15, 0.2) is 40.2 Å². The van der Waals surface area contributed by atoms with Gasteiger partial charge in [0.25, 0.3) is 0 Å². The van der Waals surface area contributed by atoms with Gasteiger partial charge in [0, 0.05) is 27.9 Å². The summed E-state index contributed by atoms with van der Waals surface area (Å²) < 4.78 is 7.64. The maximum Gasteiger partial charge on any atom is 0.196 e. The molecule has 1 aliphatic rings. The molecule has 0 N–H and O–H groups in total. The van der Waals surface area contributed by atoms with Gasteiger partial charge < -0.3 is 4.42 Å². The van der Waals surface area contributed by atoms with Gasteiger partial charge in [-0.15, -0.1) is 21.5 Å². The van der Waals surface area contributed by atoms with Crippen LogP contribution in [0, 0.1) is 27.7 Å². The largest absolute Gasteiger partial charge is 0.449 e. The van der Waals surface area contributed by atoms with Crippen LogP contribution in [-0.4, -0.2) is 30.4 Å². The Labute approximate surface area is 172 Å². The Hall–Kier alpha value is -3.13. The highest BCUT2D eigenvalue weighted by Crippen LogP contribution is 2.39. The molecule has 29 heavy (non-hydrogen) atoms. The van der Waals surface area contributed by atoms with Gasteiger partial charge >= 0.3 is 0 Å². The normalized spacial score (nSPS) is 15.6. The minimum atomic E-state index is -0.259. The minimum Gasteiger partial charge on any atom is -0.449 e. The molecule has 7 nitrogen and oxygen atoms in total. The van der Waals surface area contributed by atoms with E-state index < -0.39 is 0 Å². The van der Waals surface area contributed by atoms with Crippen LogP contribution in [0.1, 0.15) is 50.8 Å². The molecule has 0 amide bonds. The van der Waals surface area contributed by atoms with Crippen LogP contribution in [0.4, 0.5) is 0 Å². The summed E-state index contributed by atoms with van der Waals surface area (Å²) in [6, 6.07) is 3.84. The van der Waals surface area contributed by atoms with Gasteiger partial charge in [0.1, 0.15) is 23.1 Å². The smallest absolute Gasteiger partial charge is 0.196 e. The van der Waals surface area contributed by atoms with Crippen molar-refractivity contribution in [1.29, 1.82) is 0 Å². The molecule has 0 radical (unpaired) electrons. The summed E-state index contributed by atoms with van der Waals surface area (Å²) in [6.07, 6.45) is 5.65. The van der Waals surface area contributed by atoms with Crippen molar-refractivity contribution in [3.63, 3.8) is 0 Å². The van der Waals surface area contributed by atoms with Gasteiger partial charge in [0.15, 0.2) is 11.7 Å². The molecule has 0 spiro atoms. The maximum absolute atomic E-state index is 5.51. The van der Waals surface area contributed by atoms with Gasteiger partial charge in [0.2, 0.25) is 0 Å². The molecule has 0 saturated carbocycles. The van der Waals surface area contributed by atoms with E-state index >= 15 is 0 Å². The Morgan fingerprint density at radius 2 is 1.97 bits per heavy atom. The third-order valence-electron chi connectivity index (χ3n) is 5.28. The van der Waals surface area contributed by atoms with E-state index in [1.165, 1.54) is 10.4 Å². The lowest BCUT2D eigenvalue weighted by molar-refractivity contribution is 0.467. The monoisotopic (exact) mass is 404 g/mol. The molecule has 0 bridgehead atoms. The van der Waals surface area contributed by atoms with E-state index in [1.54, 1.807) is 23.8 Å². The number of aromatic nitrogens is 5. The Bertz CT molecular complexity index is 1220. The second kappa shape index (κ2) is 6.73. The highest BCUT2D eigenvalue weighted by Gasteiger charge is 2.32. The minimum absolute atomic E-state index is 0.259. The summed E-state index contributed by atoms with van der Waals surface area (Å²) in [4.78, 5) is 15.2. The van der Waals surface area contributed by atoms with Gasteiger partial charge in [0.05, 0.1) is 18.3 Å². The zero-order valence-electron chi connectivity index (χ0n) is 16.7. The van der Waals surface area contributed by atoms with Crippen LogP contribution in [0.5, 0.6) is 0 Å². The summed E-state index contributed by atoms with van der Waals surface area (Å²) in [7, 11) is 0. The number of hydrogen-bond acceptors (Lipinski definition) is 7. The van der Waals surface area contributed by atoms with E-state index in [0.717, 1.165) is 39.2 Å². The quantitative estimate of drug-likeness (QED) is 0.514. The number of thiophene rings is 1. The van der Waals surface area contributed by atoms with Gasteiger partial charge in [-0.25, -0.2) is 4.98 Å². The fraction of sp³-hybridized carbons (Fsp3) is 0.286. The third-order valence-corrected chi connectivity index (χ3v) is 6.47. The molecule has 1 unspecified atom stereocenters. The van der Waals surface area contributed by atoms with Crippen molar-refractivity contribution in [2.45, 2.75) is 40.2 Å². The second-order valence-corrected chi connectivity index (χ2v) is 8.42. The molecule has 1 atom stereocenters. The first kappa shape index (κ1) is 17.9. The van der Waals surface area contributed by atoms with E-state index in [-0.39, 0.29) is 6.04 Å². The van der Waals surface area contributed by atoms with Gasteiger partial charge in [-0.1, -0.05) is 0 Å². The van der Waals surface area contributed by atoms with Crippen molar-refractivity contribution in [3.8, 4) is 5.00 Å². The summed E-state index contributed by atoms with van der Waals surface area (Å²) in [5.74, 6) is 2.28. The molecule has 0 aromatic carbocycles. The molecule has 5 rings (SSSR count). The first-order valence-electron chi connectivity index (χ1n) is 9.44. The molecule has 0 fully saturated rings. The van der Waals surface area contributed by atoms with Crippen LogP contribution in [0.2, 0.25) is 0 Å². The number of hydrogen-bond donors (Lipinski definition) is 0. The van der Waals surface area contributed by atoms with Crippen LogP contribution >= 0.6 is 11.3 Å². The average molecular weight is 404 g/mol. The first-order chi connectivity index (χ1) is 14.0. The van der Waals surface area contributed by atoms with Crippen molar-refractivity contribution in [2.24, 2.45) is 4.99 Å². The highest BCUT2D eigenvalue weighted by molar-refractivity contribution is 7.15. The zero-order chi connectivity index (χ0) is 20.1. The molecule has 8 heteroatoms. The molecular weight excluding hydrogens is 384 g/mol. The number of rotatable bonds is 3. The number of oxazole rings is 1. The number of fused-ring (bicyclic) bond motifs is 3. The summed E-state index contributed by atoms with van der Waals surface area (Å²) in [5, 5.41) is 9.94. The van der Waals surface area contributed by atoms with E-state index in [4.69, 9.17) is 9.41 Å². The lowest BCUT2D eigenvalue weighted by Gasteiger charge is -2.11. The lowest BCUT2D eigenvalue weighted by atomic mass is 10.0. The lowest BCUT2D eigenvalue weighted by Crippen LogP contribution is -2.09. The molecule has 4 aromatic rings. The van der Waals surface area contributed by atoms with Crippen molar-refractivity contribution in [1.82, 2.24) is 24.7 Å². The van der Waals surface area contributed by atoms with Crippen molar-refractivity contribution < 1.29 is 4.42 Å². The Morgan fingerprint density at radius 3 is 2.69 bits per heavy atom. The molecule has 146 valence electrons. The predicted molar refractivity (Wildman–Crippen MR) is 111 cm³/mol. The van der Waals surface area contributed by atoms with E-state index in [2.05, 4.69) is 44.6 Å². The number of pyridine rings is 1. The van der Waals surface area contributed by atoms with Crippen LogP contribution in [0.25, 0.3) is 5.00 Å². The Kier molecular flexibility index (Phi) is 4.16. The zero-order valence-corrected chi connectivity index (χ0v) is 17.5. The van der Waals surface area contributed by atoms with Crippen molar-refractivity contribution in [2.75, 3.05) is 0 Å². The average Bonchev–Trinajstić information content (AvgIpc) is 3.39. The molecule has 0 saturated heterocycles. The summed E-state index contributed by atoms with van der Waals surface area (Å²) in [5.41, 5.74) is 5.24.